The van der Waals surface area contributed by atoms with Crippen LogP contribution in [0.1, 0.15) is 44.6 Å². The molecule has 1 saturated carbocycles. The lowest BCUT2D eigenvalue weighted by atomic mass is 9.87. The van der Waals surface area contributed by atoms with E-state index in [1.165, 1.54) is 12.8 Å². The van der Waals surface area contributed by atoms with Crippen molar-refractivity contribution in [3.05, 3.63) is 23.8 Å². The van der Waals surface area contributed by atoms with E-state index in [1.807, 2.05) is 18.2 Å². The van der Waals surface area contributed by atoms with Gasteiger partial charge in [-0.3, -0.25) is 4.79 Å². The predicted octanol–water partition coefficient (Wildman–Crippen LogP) is 3.04. The molecule has 1 heterocycles. The number of fused-ring (bicyclic) bond motifs is 1. The van der Waals surface area contributed by atoms with Gasteiger partial charge in [-0.05, 0) is 55.7 Å². The summed E-state index contributed by atoms with van der Waals surface area (Å²) in [5.41, 5.74) is 1.12. The van der Waals surface area contributed by atoms with Crippen molar-refractivity contribution in [2.45, 2.75) is 51.5 Å². The third-order valence-electron chi connectivity index (χ3n) is 4.46. The van der Waals surface area contributed by atoms with Crippen LogP contribution in [0, 0.1) is 5.92 Å². The van der Waals surface area contributed by atoms with Gasteiger partial charge in [-0.1, -0.05) is 13.0 Å². The highest BCUT2D eigenvalue weighted by molar-refractivity contribution is 5.76. The molecule has 0 radical (unpaired) electrons. The minimum Gasteiger partial charge on any atom is -0.454 e. The lowest BCUT2D eigenvalue weighted by Crippen LogP contribution is -2.37. The minimum atomic E-state index is 0.159. The predicted molar refractivity (Wildman–Crippen MR) is 80.4 cm³/mol. The molecule has 114 valence electrons. The zero-order chi connectivity index (χ0) is 14.7. The topological polar surface area (TPSA) is 47.6 Å². The normalized spacial score (nSPS) is 23.9. The molecule has 1 amide bonds. The van der Waals surface area contributed by atoms with Crippen molar-refractivity contribution in [1.29, 1.82) is 0 Å². The van der Waals surface area contributed by atoms with E-state index in [4.69, 9.17) is 9.47 Å². The fourth-order valence-electron chi connectivity index (χ4n) is 3.06. The summed E-state index contributed by atoms with van der Waals surface area (Å²) in [4.78, 5) is 12.0. The number of nitrogens with one attached hydrogen (secondary N) is 1. The second-order valence-electron chi connectivity index (χ2n) is 6.21. The molecule has 21 heavy (non-hydrogen) atoms. The number of amides is 1. The number of benzene rings is 1. The fraction of sp³-hybridized carbons (Fsp3) is 0.588. The van der Waals surface area contributed by atoms with E-state index >= 15 is 0 Å². The second kappa shape index (κ2) is 6.37. The largest absolute Gasteiger partial charge is 0.454 e. The molecule has 4 nitrogen and oxygen atoms in total. The maximum absolute atomic E-state index is 12.0. The minimum absolute atomic E-state index is 0.159. The van der Waals surface area contributed by atoms with Crippen LogP contribution in [0.4, 0.5) is 0 Å². The number of carbonyl (C=O) groups excluding carboxylic acids is 1. The average Bonchev–Trinajstić information content (AvgIpc) is 2.95. The lowest BCUT2D eigenvalue weighted by Gasteiger charge is -2.26. The van der Waals surface area contributed by atoms with Crippen molar-refractivity contribution < 1.29 is 14.3 Å². The van der Waals surface area contributed by atoms with Crippen molar-refractivity contribution >= 4 is 5.91 Å². The molecule has 3 rings (SSSR count). The first-order chi connectivity index (χ1) is 10.2. The van der Waals surface area contributed by atoms with Crippen molar-refractivity contribution in [3.8, 4) is 11.5 Å². The maximum Gasteiger partial charge on any atom is 0.231 e. The summed E-state index contributed by atoms with van der Waals surface area (Å²) in [5, 5.41) is 3.17. The highest BCUT2D eigenvalue weighted by Crippen LogP contribution is 2.32. The molecule has 4 heteroatoms. The molecule has 1 aliphatic heterocycles. The molecular weight excluding hydrogens is 266 g/mol. The molecule has 0 spiro atoms. The molecule has 1 aromatic carbocycles. The van der Waals surface area contributed by atoms with Gasteiger partial charge in [-0.15, -0.1) is 0 Å². The Kier molecular flexibility index (Phi) is 4.32. The van der Waals surface area contributed by atoms with Crippen LogP contribution >= 0.6 is 0 Å². The molecule has 0 atom stereocenters. The smallest absolute Gasteiger partial charge is 0.231 e. The van der Waals surface area contributed by atoms with E-state index < -0.39 is 0 Å². The first-order valence-corrected chi connectivity index (χ1v) is 7.88. The van der Waals surface area contributed by atoms with Crippen molar-refractivity contribution in [2.75, 3.05) is 6.79 Å². The van der Waals surface area contributed by atoms with Gasteiger partial charge in [-0.25, -0.2) is 0 Å². The number of hydrogen-bond acceptors (Lipinski definition) is 3. The van der Waals surface area contributed by atoms with Gasteiger partial charge >= 0.3 is 0 Å². The van der Waals surface area contributed by atoms with Crippen molar-refractivity contribution in [3.63, 3.8) is 0 Å². The molecule has 1 aliphatic carbocycles. The Morgan fingerprint density at radius 1 is 1.19 bits per heavy atom. The Morgan fingerprint density at radius 2 is 1.95 bits per heavy atom. The van der Waals surface area contributed by atoms with Crippen LogP contribution < -0.4 is 14.8 Å². The molecule has 0 aromatic heterocycles. The molecular formula is C17H23NO3. The quantitative estimate of drug-likeness (QED) is 0.926. The number of rotatable bonds is 4. The second-order valence-corrected chi connectivity index (χ2v) is 6.21. The Balaban J connectivity index is 1.45. The molecule has 0 bridgehead atoms. The zero-order valence-electron chi connectivity index (χ0n) is 12.6. The van der Waals surface area contributed by atoms with E-state index in [0.717, 1.165) is 42.2 Å². The Labute approximate surface area is 125 Å². The van der Waals surface area contributed by atoms with Crippen LogP contribution in [0.2, 0.25) is 0 Å². The van der Waals surface area contributed by atoms with Crippen LogP contribution in [0.3, 0.4) is 0 Å². The van der Waals surface area contributed by atoms with E-state index in [9.17, 15) is 4.79 Å². The monoisotopic (exact) mass is 289 g/mol. The lowest BCUT2D eigenvalue weighted by molar-refractivity contribution is -0.122. The molecule has 2 aliphatic rings. The molecule has 1 aromatic rings. The Hall–Kier alpha value is -1.71. The van der Waals surface area contributed by atoms with Crippen LogP contribution in [0.15, 0.2) is 18.2 Å². The fourth-order valence-corrected chi connectivity index (χ4v) is 3.06. The number of carbonyl (C=O) groups is 1. The highest BCUT2D eigenvalue weighted by atomic mass is 16.7. The molecule has 0 unspecified atom stereocenters. The first kappa shape index (κ1) is 14.2. The van der Waals surface area contributed by atoms with E-state index in [2.05, 4.69) is 12.2 Å². The third-order valence-corrected chi connectivity index (χ3v) is 4.46. The standard InChI is InChI=1S/C17H23NO3/c1-12-2-6-14(7-3-12)18-17(19)9-5-13-4-8-15-16(10-13)21-11-20-15/h4,8,10,12,14H,2-3,5-7,9,11H2,1H3,(H,18,19). The van der Waals surface area contributed by atoms with Gasteiger partial charge in [0.2, 0.25) is 12.7 Å². The summed E-state index contributed by atoms with van der Waals surface area (Å²) in [6.45, 7) is 2.58. The molecule has 0 saturated heterocycles. The summed E-state index contributed by atoms with van der Waals surface area (Å²) in [6.07, 6.45) is 5.98. The summed E-state index contributed by atoms with van der Waals surface area (Å²) >= 11 is 0. The van der Waals surface area contributed by atoms with Crippen molar-refractivity contribution in [1.82, 2.24) is 5.32 Å². The zero-order valence-corrected chi connectivity index (χ0v) is 12.6. The summed E-state index contributed by atoms with van der Waals surface area (Å²) in [6, 6.07) is 6.27. The van der Waals surface area contributed by atoms with E-state index in [-0.39, 0.29) is 5.91 Å². The van der Waals surface area contributed by atoms with Crippen LogP contribution in [-0.2, 0) is 11.2 Å². The molecule has 1 N–H and O–H groups in total. The summed E-state index contributed by atoms with van der Waals surface area (Å²) in [5.74, 6) is 2.55. The Bertz CT molecular complexity index is 507. The van der Waals surface area contributed by atoms with E-state index in [0.29, 0.717) is 19.3 Å². The number of ether oxygens (including phenoxy) is 2. The van der Waals surface area contributed by atoms with Gasteiger partial charge in [0, 0.05) is 12.5 Å². The van der Waals surface area contributed by atoms with Gasteiger partial charge in [-0.2, -0.15) is 0 Å². The number of aryl methyl sites for hydroxylation is 1. The SMILES string of the molecule is CC1CCC(NC(=O)CCc2ccc3c(c2)OCO3)CC1. The van der Waals surface area contributed by atoms with Crippen LogP contribution in [0.25, 0.3) is 0 Å². The summed E-state index contributed by atoms with van der Waals surface area (Å²) < 4.78 is 10.6. The maximum atomic E-state index is 12.0. The van der Waals surface area contributed by atoms with Crippen LogP contribution in [-0.4, -0.2) is 18.7 Å². The van der Waals surface area contributed by atoms with Gasteiger partial charge in [0.15, 0.2) is 11.5 Å². The Morgan fingerprint density at radius 3 is 2.76 bits per heavy atom. The number of hydrogen-bond donors (Lipinski definition) is 1. The van der Waals surface area contributed by atoms with Crippen LogP contribution in [0.5, 0.6) is 11.5 Å². The molecule has 1 fully saturated rings. The summed E-state index contributed by atoms with van der Waals surface area (Å²) in [7, 11) is 0. The average molecular weight is 289 g/mol. The van der Waals surface area contributed by atoms with Crippen molar-refractivity contribution in [2.24, 2.45) is 5.92 Å². The van der Waals surface area contributed by atoms with Gasteiger partial charge in [0.1, 0.15) is 0 Å². The van der Waals surface area contributed by atoms with Gasteiger partial charge in [0.25, 0.3) is 0 Å². The van der Waals surface area contributed by atoms with E-state index in [1.54, 1.807) is 0 Å². The first-order valence-electron chi connectivity index (χ1n) is 7.88. The van der Waals surface area contributed by atoms with Gasteiger partial charge in [0.05, 0.1) is 0 Å². The third kappa shape index (κ3) is 3.69. The van der Waals surface area contributed by atoms with Gasteiger partial charge < -0.3 is 14.8 Å². The highest BCUT2D eigenvalue weighted by Gasteiger charge is 2.19.